The number of esters is 5. The van der Waals surface area contributed by atoms with E-state index in [4.69, 9.17) is 35.0 Å². The summed E-state index contributed by atoms with van der Waals surface area (Å²) in [5, 5.41) is 42.4. The SMILES string of the molecule is C.COC(=O)/C=C/C(=O)O.COC(=O)/C=C/C(=O)OCCN(CCO)CCOC(=O)/C=C/C(=O)OC.OCCN(CCO)CCO. The van der Waals surface area contributed by atoms with Gasteiger partial charge >= 0.3 is 35.8 Å². The van der Waals surface area contributed by atoms with Gasteiger partial charge in [-0.15, -0.1) is 0 Å². The van der Waals surface area contributed by atoms with E-state index in [1.807, 2.05) is 0 Å². The lowest BCUT2D eigenvalue weighted by Gasteiger charge is -2.20. The Morgan fingerprint density at radius 3 is 1.00 bits per heavy atom. The lowest BCUT2D eigenvalue weighted by atomic mass is 10.4. The van der Waals surface area contributed by atoms with Gasteiger partial charge in [0, 0.05) is 75.7 Å². The molecule has 0 aliphatic heterocycles. The number of aliphatic hydroxyl groups is 4. The fourth-order valence-electron chi connectivity index (χ4n) is 2.50. The summed E-state index contributed by atoms with van der Waals surface area (Å²) in [6, 6.07) is 0. The maximum absolute atomic E-state index is 11.4. The van der Waals surface area contributed by atoms with Gasteiger partial charge in [-0.05, 0) is 0 Å². The standard InChI is InChI=1S/C16H23NO9.C6H15NO3.C5H6O4.CH4/c1-23-13(19)3-5-15(21)25-11-8-17(7-10-18)9-12-26-16(22)6-4-14(20)24-2;8-4-1-7(2-5-9)3-6-10;1-9-5(8)3-2-4(6)7;/h3-6,18H,7-12H2,1-2H3;8-10H,1-6H2;2-3H,1H3,(H,6,7);1H4/b5-3+,6-4+;;3-2+;. The predicted molar refractivity (Wildman–Crippen MR) is 161 cm³/mol. The van der Waals surface area contributed by atoms with Gasteiger partial charge in [0.25, 0.3) is 0 Å². The molecule has 0 saturated heterocycles. The Bertz CT molecular complexity index is 878. The number of carbonyl (C=O) groups is 6. The largest absolute Gasteiger partial charge is 0.478 e. The Morgan fingerprint density at radius 1 is 0.478 bits per heavy atom. The maximum atomic E-state index is 11.4. The molecule has 0 radical (unpaired) electrons. The van der Waals surface area contributed by atoms with Gasteiger partial charge in [-0.25, -0.2) is 28.8 Å². The number of aliphatic carboxylic acids is 1. The van der Waals surface area contributed by atoms with E-state index in [0.717, 1.165) is 30.4 Å². The molecule has 0 unspecified atom stereocenters. The first-order chi connectivity index (χ1) is 21.4. The van der Waals surface area contributed by atoms with Crippen LogP contribution in [-0.2, 0) is 52.5 Å². The molecular formula is C28H48N2O16. The van der Waals surface area contributed by atoms with Gasteiger partial charge in [0.2, 0.25) is 0 Å². The van der Waals surface area contributed by atoms with E-state index in [2.05, 4.69) is 14.2 Å². The van der Waals surface area contributed by atoms with Crippen molar-refractivity contribution in [3.63, 3.8) is 0 Å². The fraction of sp³-hybridized carbons (Fsp3) is 0.571. The van der Waals surface area contributed by atoms with Gasteiger partial charge in [-0.3, -0.25) is 9.80 Å². The molecule has 18 nitrogen and oxygen atoms in total. The van der Waals surface area contributed by atoms with Crippen LogP contribution in [0.25, 0.3) is 0 Å². The molecule has 0 rings (SSSR count). The van der Waals surface area contributed by atoms with Crippen LogP contribution in [0.4, 0.5) is 0 Å². The Balaban J connectivity index is -0.000000360. The molecule has 0 bridgehead atoms. The van der Waals surface area contributed by atoms with E-state index in [-0.39, 0.29) is 66.7 Å². The van der Waals surface area contributed by atoms with Crippen molar-refractivity contribution in [2.75, 3.05) is 100 Å². The summed E-state index contributed by atoms with van der Waals surface area (Å²) in [6.07, 6.45) is 5.31. The van der Waals surface area contributed by atoms with Crippen LogP contribution in [0.3, 0.4) is 0 Å². The quantitative estimate of drug-likeness (QED) is 0.0511. The van der Waals surface area contributed by atoms with Gasteiger partial charge in [-0.1, -0.05) is 7.43 Å². The molecule has 0 saturated carbocycles. The molecule has 0 aliphatic carbocycles. The van der Waals surface area contributed by atoms with Crippen molar-refractivity contribution in [3.05, 3.63) is 36.5 Å². The number of ether oxygens (including phenoxy) is 5. The van der Waals surface area contributed by atoms with Crippen molar-refractivity contribution in [2.24, 2.45) is 0 Å². The fourth-order valence-corrected chi connectivity index (χ4v) is 2.50. The molecule has 18 heteroatoms. The second-order valence-corrected chi connectivity index (χ2v) is 7.82. The van der Waals surface area contributed by atoms with Crippen molar-refractivity contribution >= 4 is 35.8 Å². The van der Waals surface area contributed by atoms with Gasteiger partial charge in [0.15, 0.2) is 0 Å². The van der Waals surface area contributed by atoms with Crippen LogP contribution in [0, 0.1) is 0 Å². The second kappa shape index (κ2) is 35.3. The Labute approximate surface area is 268 Å². The first-order valence-corrected chi connectivity index (χ1v) is 13.2. The number of hydrogen-bond acceptors (Lipinski definition) is 17. The summed E-state index contributed by atoms with van der Waals surface area (Å²) < 4.78 is 22.6. The van der Waals surface area contributed by atoms with E-state index in [1.165, 1.54) is 21.3 Å². The Kier molecular flexibility index (Phi) is 37.4. The molecule has 0 aromatic rings. The third-order valence-electron chi connectivity index (χ3n) is 4.65. The summed E-state index contributed by atoms with van der Waals surface area (Å²) >= 11 is 0. The number of carbonyl (C=O) groups excluding carboxylic acids is 5. The summed E-state index contributed by atoms with van der Waals surface area (Å²) in [5.74, 6) is -4.60. The van der Waals surface area contributed by atoms with Crippen LogP contribution >= 0.6 is 0 Å². The smallest absolute Gasteiger partial charge is 0.331 e. The number of nitrogens with zero attached hydrogens (tertiary/aromatic N) is 2. The molecule has 0 aromatic carbocycles. The number of rotatable bonds is 20. The molecule has 0 aliphatic rings. The highest BCUT2D eigenvalue weighted by Gasteiger charge is 2.08. The zero-order chi connectivity index (χ0) is 34.9. The normalized spacial score (nSPS) is 10.4. The lowest BCUT2D eigenvalue weighted by Crippen LogP contribution is -2.34. The van der Waals surface area contributed by atoms with Crippen molar-refractivity contribution < 1.29 is 78.0 Å². The highest BCUT2D eigenvalue weighted by molar-refractivity contribution is 5.92. The first-order valence-electron chi connectivity index (χ1n) is 13.2. The van der Waals surface area contributed by atoms with Crippen LogP contribution in [0.5, 0.6) is 0 Å². The predicted octanol–water partition coefficient (Wildman–Crippen LogP) is -2.47. The third-order valence-corrected chi connectivity index (χ3v) is 4.65. The third kappa shape index (κ3) is 36.0. The monoisotopic (exact) mass is 668 g/mol. The zero-order valence-electron chi connectivity index (χ0n) is 25.6. The first kappa shape index (κ1) is 48.7. The number of aliphatic hydroxyl groups excluding tert-OH is 4. The van der Waals surface area contributed by atoms with Crippen LogP contribution in [0.2, 0.25) is 0 Å². The molecule has 0 aromatic heterocycles. The lowest BCUT2D eigenvalue weighted by molar-refractivity contribution is -0.140. The number of carboxylic acid groups (broad SMARTS) is 1. The molecule has 5 N–H and O–H groups in total. The average Bonchev–Trinajstić information content (AvgIpc) is 3.02. The van der Waals surface area contributed by atoms with E-state index >= 15 is 0 Å². The minimum atomic E-state index is -1.17. The summed E-state index contributed by atoms with van der Waals surface area (Å²) in [7, 11) is 3.54. The molecule has 46 heavy (non-hydrogen) atoms. The van der Waals surface area contributed by atoms with Crippen LogP contribution < -0.4 is 0 Å². The summed E-state index contributed by atoms with van der Waals surface area (Å²) in [4.78, 5) is 67.7. The Hall–Kier alpha value is -4.20. The molecule has 266 valence electrons. The number of methoxy groups -OCH3 is 3. The van der Waals surface area contributed by atoms with Gasteiger partial charge in [-0.2, -0.15) is 0 Å². The topological polar surface area (TPSA) is 256 Å². The average molecular weight is 669 g/mol. The molecule has 0 atom stereocenters. The van der Waals surface area contributed by atoms with Crippen molar-refractivity contribution in [1.29, 1.82) is 0 Å². The van der Waals surface area contributed by atoms with Gasteiger partial charge in [0.05, 0.1) is 47.8 Å². The minimum Gasteiger partial charge on any atom is -0.478 e. The molecular weight excluding hydrogens is 620 g/mol. The summed E-state index contributed by atoms with van der Waals surface area (Å²) in [5.41, 5.74) is 0. The highest BCUT2D eigenvalue weighted by Crippen LogP contribution is 1.93. The van der Waals surface area contributed by atoms with Crippen LogP contribution in [0.15, 0.2) is 36.5 Å². The molecule has 0 heterocycles. The van der Waals surface area contributed by atoms with E-state index < -0.39 is 35.8 Å². The van der Waals surface area contributed by atoms with Crippen molar-refractivity contribution in [3.8, 4) is 0 Å². The Morgan fingerprint density at radius 2 is 0.739 bits per heavy atom. The highest BCUT2D eigenvalue weighted by atomic mass is 16.5. The van der Waals surface area contributed by atoms with Crippen molar-refractivity contribution in [1.82, 2.24) is 9.80 Å². The van der Waals surface area contributed by atoms with Gasteiger partial charge in [0.1, 0.15) is 13.2 Å². The van der Waals surface area contributed by atoms with Crippen LogP contribution in [-0.4, -0.2) is 171 Å². The van der Waals surface area contributed by atoms with E-state index in [0.29, 0.717) is 25.7 Å². The minimum absolute atomic E-state index is 0. The van der Waals surface area contributed by atoms with Crippen molar-refractivity contribution in [2.45, 2.75) is 7.43 Å². The van der Waals surface area contributed by atoms with E-state index in [1.54, 1.807) is 9.80 Å². The molecule has 0 amide bonds. The molecule has 0 spiro atoms. The van der Waals surface area contributed by atoms with E-state index in [9.17, 15) is 28.8 Å². The maximum Gasteiger partial charge on any atom is 0.331 e. The molecule has 0 fully saturated rings. The number of carboxylic acids is 1. The van der Waals surface area contributed by atoms with Gasteiger partial charge < -0.3 is 49.2 Å². The number of hydrogen-bond donors (Lipinski definition) is 5. The second-order valence-electron chi connectivity index (χ2n) is 7.82. The summed E-state index contributed by atoms with van der Waals surface area (Å²) in [6.45, 7) is 2.50. The van der Waals surface area contributed by atoms with Crippen LogP contribution in [0.1, 0.15) is 7.43 Å². The zero-order valence-corrected chi connectivity index (χ0v) is 25.6.